The van der Waals surface area contributed by atoms with Gasteiger partial charge in [0.2, 0.25) is 0 Å². The summed E-state index contributed by atoms with van der Waals surface area (Å²) in [6.45, 7) is 3.34. The smallest absolute Gasteiger partial charge is 0.258 e. The number of hydrogen-bond acceptors (Lipinski definition) is 3. The van der Waals surface area contributed by atoms with Gasteiger partial charge in [0.15, 0.2) is 0 Å². The fraction of sp³-hybridized carbons (Fsp3) is 0.250. The first-order valence-corrected chi connectivity index (χ1v) is 6.50. The molecule has 0 saturated heterocycles. The normalized spacial score (nSPS) is 11.7. The molecule has 1 aromatic carbocycles. The van der Waals surface area contributed by atoms with E-state index in [1.807, 2.05) is 0 Å². The number of alkyl halides is 3. The molecule has 0 fully saturated rings. The first-order chi connectivity index (χ1) is 9.62. The van der Waals surface area contributed by atoms with Crippen molar-refractivity contribution in [1.82, 2.24) is 9.78 Å². The van der Waals surface area contributed by atoms with Crippen molar-refractivity contribution in [3.8, 4) is 5.69 Å². The maximum Gasteiger partial charge on any atom is 0.416 e. The molecule has 0 N–H and O–H groups in total. The molecule has 0 aliphatic heterocycles. The van der Waals surface area contributed by atoms with Crippen molar-refractivity contribution in [3.63, 3.8) is 0 Å². The summed E-state index contributed by atoms with van der Waals surface area (Å²) in [6, 6.07) is 2.36. The molecule has 2 rings (SSSR count). The van der Waals surface area contributed by atoms with Crippen molar-refractivity contribution in [3.05, 3.63) is 49.7 Å². The number of nitrogens with zero attached hydrogens (tertiary/aromatic N) is 3. The zero-order valence-corrected chi connectivity index (χ0v) is 12.5. The van der Waals surface area contributed by atoms with Crippen molar-refractivity contribution in [1.29, 1.82) is 0 Å². The van der Waals surface area contributed by atoms with Crippen molar-refractivity contribution in [2.75, 3.05) is 0 Å². The predicted molar refractivity (Wildman–Crippen MR) is 72.4 cm³/mol. The Labute approximate surface area is 125 Å². The molecule has 0 amide bonds. The Bertz CT molecular complexity index is 725. The Balaban J connectivity index is 2.69. The second kappa shape index (κ2) is 5.14. The fourth-order valence-corrected chi connectivity index (χ4v) is 2.13. The SMILES string of the molecule is Cc1nn(-c2ccc(C(F)(F)F)cc2[N+](=O)[O-])c(C)c1Br. The number of benzene rings is 1. The first-order valence-electron chi connectivity index (χ1n) is 5.70. The van der Waals surface area contributed by atoms with Crippen molar-refractivity contribution in [2.45, 2.75) is 20.0 Å². The second-order valence-electron chi connectivity index (χ2n) is 4.35. The van der Waals surface area contributed by atoms with Crippen LogP contribution in [-0.4, -0.2) is 14.7 Å². The summed E-state index contributed by atoms with van der Waals surface area (Å²) in [6.07, 6.45) is -4.64. The molecule has 21 heavy (non-hydrogen) atoms. The molecule has 112 valence electrons. The zero-order valence-electron chi connectivity index (χ0n) is 10.9. The van der Waals surface area contributed by atoms with E-state index >= 15 is 0 Å². The molecular weight excluding hydrogens is 355 g/mol. The molecule has 0 spiro atoms. The van der Waals surface area contributed by atoms with E-state index in [4.69, 9.17) is 0 Å². The molecule has 5 nitrogen and oxygen atoms in total. The molecule has 0 radical (unpaired) electrons. The lowest BCUT2D eigenvalue weighted by Crippen LogP contribution is -2.09. The summed E-state index contributed by atoms with van der Waals surface area (Å²) < 4.78 is 39.9. The van der Waals surface area contributed by atoms with Gasteiger partial charge in [-0.25, -0.2) is 4.68 Å². The van der Waals surface area contributed by atoms with Gasteiger partial charge in [-0.05, 0) is 41.9 Å². The van der Waals surface area contributed by atoms with Gasteiger partial charge in [-0.1, -0.05) is 0 Å². The number of halogens is 4. The van der Waals surface area contributed by atoms with Crippen LogP contribution in [0.3, 0.4) is 0 Å². The van der Waals surface area contributed by atoms with Crippen molar-refractivity contribution < 1.29 is 18.1 Å². The van der Waals surface area contributed by atoms with E-state index in [2.05, 4.69) is 21.0 Å². The van der Waals surface area contributed by atoms with E-state index < -0.39 is 22.4 Å². The van der Waals surface area contributed by atoms with Crippen LogP contribution >= 0.6 is 15.9 Å². The van der Waals surface area contributed by atoms with Gasteiger partial charge in [0.25, 0.3) is 5.69 Å². The van der Waals surface area contributed by atoms with E-state index in [0.29, 0.717) is 21.9 Å². The number of nitro benzene ring substituents is 1. The largest absolute Gasteiger partial charge is 0.416 e. The number of rotatable bonds is 2. The Morgan fingerprint density at radius 3 is 2.38 bits per heavy atom. The van der Waals surface area contributed by atoms with Crippen LogP contribution < -0.4 is 0 Å². The third kappa shape index (κ3) is 2.78. The van der Waals surface area contributed by atoms with E-state index in [1.54, 1.807) is 13.8 Å². The van der Waals surface area contributed by atoms with Gasteiger partial charge >= 0.3 is 6.18 Å². The van der Waals surface area contributed by atoms with Crippen molar-refractivity contribution in [2.24, 2.45) is 0 Å². The van der Waals surface area contributed by atoms with Gasteiger partial charge in [0.1, 0.15) is 5.69 Å². The number of aryl methyl sites for hydroxylation is 1. The molecule has 2 aromatic rings. The monoisotopic (exact) mass is 363 g/mol. The molecule has 0 saturated carbocycles. The highest BCUT2D eigenvalue weighted by Crippen LogP contribution is 2.35. The van der Waals surface area contributed by atoms with E-state index in [0.717, 1.165) is 12.1 Å². The van der Waals surface area contributed by atoms with Crippen LogP contribution in [0.1, 0.15) is 17.0 Å². The highest BCUT2D eigenvalue weighted by molar-refractivity contribution is 9.10. The molecule has 9 heteroatoms. The Morgan fingerprint density at radius 1 is 1.33 bits per heavy atom. The molecule has 0 unspecified atom stereocenters. The quantitative estimate of drug-likeness (QED) is 0.593. The standard InChI is InChI=1S/C12H9BrF3N3O2/c1-6-11(13)7(2)18(17-6)9-4-3-8(12(14,15)16)5-10(9)19(20)21/h3-5H,1-2H3. The molecule has 0 aliphatic rings. The van der Waals surface area contributed by atoms with Gasteiger partial charge in [-0.15, -0.1) is 0 Å². The average Bonchev–Trinajstić information content (AvgIpc) is 2.64. The lowest BCUT2D eigenvalue weighted by atomic mass is 10.1. The minimum atomic E-state index is -4.64. The van der Waals surface area contributed by atoms with Crippen molar-refractivity contribution >= 4 is 21.6 Å². The van der Waals surface area contributed by atoms with Crippen LogP contribution in [0.4, 0.5) is 18.9 Å². The highest BCUT2D eigenvalue weighted by atomic mass is 79.9. The van der Waals surface area contributed by atoms with Gasteiger partial charge in [-0.3, -0.25) is 10.1 Å². The van der Waals surface area contributed by atoms with Gasteiger partial charge in [-0.2, -0.15) is 18.3 Å². The second-order valence-corrected chi connectivity index (χ2v) is 5.15. The van der Waals surface area contributed by atoms with Crippen LogP contribution in [0.15, 0.2) is 22.7 Å². The summed E-state index contributed by atoms with van der Waals surface area (Å²) in [5, 5.41) is 15.2. The molecular formula is C12H9BrF3N3O2. The lowest BCUT2D eigenvalue weighted by molar-refractivity contribution is -0.384. The third-order valence-corrected chi connectivity index (χ3v) is 4.08. The van der Waals surface area contributed by atoms with Crippen LogP contribution in [-0.2, 0) is 6.18 Å². The highest BCUT2D eigenvalue weighted by Gasteiger charge is 2.33. The number of aromatic nitrogens is 2. The summed E-state index contributed by atoms with van der Waals surface area (Å²) in [7, 11) is 0. The molecule has 1 heterocycles. The van der Waals surface area contributed by atoms with Gasteiger partial charge in [0.05, 0.1) is 26.3 Å². The summed E-state index contributed by atoms with van der Waals surface area (Å²) >= 11 is 3.27. The fourth-order valence-electron chi connectivity index (χ4n) is 1.88. The Kier molecular flexibility index (Phi) is 3.79. The van der Waals surface area contributed by atoms with E-state index in [1.165, 1.54) is 4.68 Å². The van der Waals surface area contributed by atoms with E-state index in [9.17, 15) is 23.3 Å². The van der Waals surface area contributed by atoms with Crippen LogP contribution in [0.2, 0.25) is 0 Å². The molecule has 0 bridgehead atoms. The third-order valence-electron chi connectivity index (χ3n) is 2.93. The van der Waals surface area contributed by atoms with Crippen LogP contribution in [0.5, 0.6) is 0 Å². The number of nitro groups is 1. The molecule has 0 aliphatic carbocycles. The zero-order chi connectivity index (χ0) is 15.9. The number of hydrogen-bond donors (Lipinski definition) is 0. The maximum atomic E-state index is 12.7. The maximum absolute atomic E-state index is 12.7. The Morgan fingerprint density at radius 2 is 1.95 bits per heavy atom. The minimum Gasteiger partial charge on any atom is -0.258 e. The minimum absolute atomic E-state index is 0.0145. The topological polar surface area (TPSA) is 61.0 Å². The predicted octanol–water partition coefficient (Wildman–Crippen LogP) is 4.18. The van der Waals surface area contributed by atoms with E-state index in [-0.39, 0.29) is 5.69 Å². The van der Waals surface area contributed by atoms with Gasteiger partial charge < -0.3 is 0 Å². The van der Waals surface area contributed by atoms with Crippen LogP contribution in [0.25, 0.3) is 5.69 Å². The summed E-state index contributed by atoms with van der Waals surface area (Å²) in [4.78, 5) is 10.2. The first kappa shape index (κ1) is 15.5. The van der Waals surface area contributed by atoms with Gasteiger partial charge in [0, 0.05) is 6.07 Å². The summed E-state index contributed by atoms with van der Waals surface area (Å²) in [5.41, 5.74) is -0.585. The average molecular weight is 364 g/mol. The molecule has 1 aromatic heterocycles. The van der Waals surface area contributed by atoms with Crippen LogP contribution in [0, 0.1) is 24.0 Å². The lowest BCUT2D eigenvalue weighted by Gasteiger charge is -2.10. The Hall–Kier alpha value is -1.90. The summed E-state index contributed by atoms with van der Waals surface area (Å²) in [5.74, 6) is 0. The molecule has 0 atom stereocenters.